The zero-order valence-corrected chi connectivity index (χ0v) is 9.68. The van der Waals surface area contributed by atoms with E-state index in [9.17, 15) is 0 Å². The van der Waals surface area contributed by atoms with Crippen molar-refractivity contribution in [3.05, 3.63) is 45.9 Å². The van der Waals surface area contributed by atoms with Gasteiger partial charge in [-0.2, -0.15) is 0 Å². The van der Waals surface area contributed by atoms with E-state index in [0.29, 0.717) is 0 Å². The molecule has 0 spiro atoms. The first-order valence-electron chi connectivity index (χ1n) is 4.73. The van der Waals surface area contributed by atoms with Crippen LogP contribution < -0.4 is 5.32 Å². The lowest BCUT2D eigenvalue weighted by Gasteiger charge is -2.03. The molecule has 2 heterocycles. The van der Waals surface area contributed by atoms with Crippen LogP contribution in [-0.2, 0) is 6.42 Å². The second kappa shape index (κ2) is 5.14. The molecule has 4 heteroatoms. The molecule has 0 atom stereocenters. The number of pyridine rings is 1. The molecule has 2 nitrogen and oxygen atoms in total. The minimum atomic E-state index is 0.855. The van der Waals surface area contributed by atoms with E-state index in [4.69, 9.17) is 11.6 Å². The van der Waals surface area contributed by atoms with Crippen LogP contribution in [0.25, 0.3) is 0 Å². The molecule has 2 aromatic rings. The molecule has 0 aromatic carbocycles. The largest absolute Gasteiger partial charge is 0.385 e. The topological polar surface area (TPSA) is 24.9 Å². The molecular weight excluding hydrogens is 228 g/mol. The minimum Gasteiger partial charge on any atom is -0.385 e. The van der Waals surface area contributed by atoms with Gasteiger partial charge in [0.15, 0.2) is 0 Å². The zero-order valence-electron chi connectivity index (χ0n) is 8.11. The number of halogens is 1. The van der Waals surface area contributed by atoms with Gasteiger partial charge in [0.1, 0.15) is 0 Å². The molecule has 0 aliphatic carbocycles. The molecule has 15 heavy (non-hydrogen) atoms. The highest BCUT2D eigenvalue weighted by atomic mass is 35.5. The van der Waals surface area contributed by atoms with Crippen LogP contribution >= 0.6 is 22.9 Å². The summed E-state index contributed by atoms with van der Waals surface area (Å²) in [6, 6.07) is 7.93. The van der Waals surface area contributed by atoms with Gasteiger partial charge in [-0.1, -0.05) is 11.6 Å². The van der Waals surface area contributed by atoms with Crippen molar-refractivity contribution in [1.82, 2.24) is 4.98 Å². The minimum absolute atomic E-state index is 0.855. The molecule has 0 radical (unpaired) electrons. The summed E-state index contributed by atoms with van der Waals surface area (Å²) in [5, 5.41) is 3.33. The Hall–Kier alpha value is -1.06. The molecule has 0 aliphatic rings. The number of thiophene rings is 1. The van der Waals surface area contributed by atoms with Gasteiger partial charge in [0.2, 0.25) is 0 Å². The molecule has 2 aromatic heterocycles. The molecule has 0 saturated carbocycles. The molecule has 0 bridgehead atoms. The van der Waals surface area contributed by atoms with Gasteiger partial charge in [0.25, 0.3) is 0 Å². The third-order valence-electron chi connectivity index (χ3n) is 2.01. The summed E-state index contributed by atoms with van der Waals surface area (Å²) < 4.78 is 0.855. The Labute approximate surface area is 97.9 Å². The van der Waals surface area contributed by atoms with Gasteiger partial charge in [-0.3, -0.25) is 4.98 Å². The number of nitrogens with zero attached hydrogens (tertiary/aromatic N) is 1. The van der Waals surface area contributed by atoms with Crippen molar-refractivity contribution >= 4 is 28.6 Å². The smallest absolute Gasteiger partial charge is 0.0931 e. The maximum atomic E-state index is 5.85. The Morgan fingerprint density at radius 3 is 2.67 bits per heavy atom. The van der Waals surface area contributed by atoms with Gasteiger partial charge < -0.3 is 5.32 Å². The lowest BCUT2D eigenvalue weighted by atomic mass is 10.3. The third-order valence-corrected chi connectivity index (χ3v) is 3.30. The fourth-order valence-corrected chi connectivity index (χ4v) is 2.37. The van der Waals surface area contributed by atoms with Crippen LogP contribution in [0.2, 0.25) is 4.34 Å². The number of aromatic nitrogens is 1. The molecular formula is C11H11ClN2S. The van der Waals surface area contributed by atoms with Gasteiger partial charge in [0.05, 0.1) is 4.34 Å². The summed E-state index contributed by atoms with van der Waals surface area (Å²) in [7, 11) is 0. The van der Waals surface area contributed by atoms with Crippen molar-refractivity contribution in [2.24, 2.45) is 0 Å². The SMILES string of the molecule is Clc1ccc(CCNc2ccncc2)s1. The van der Waals surface area contributed by atoms with Crippen LogP contribution in [-0.4, -0.2) is 11.5 Å². The molecule has 0 amide bonds. The fourth-order valence-electron chi connectivity index (χ4n) is 1.29. The van der Waals surface area contributed by atoms with E-state index in [1.54, 1.807) is 23.7 Å². The quantitative estimate of drug-likeness (QED) is 0.883. The molecule has 2 rings (SSSR count). The number of hydrogen-bond acceptors (Lipinski definition) is 3. The molecule has 1 N–H and O–H groups in total. The van der Waals surface area contributed by atoms with Crippen LogP contribution in [0, 0.1) is 0 Å². The number of rotatable bonds is 4. The first-order valence-corrected chi connectivity index (χ1v) is 5.92. The van der Waals surface area contributed by atoms with Gasteiger partial charge in [-0.25, -0.2) is 0 Å². The Bertz CT molecular complexity index is 414. The van der Waals surface area contributed by atoms with Crippen molar-refractivity contribution in [3.8, 4) is 0 Å². The summed E-state index contributed by atoms with van der Waals surface area (Å²) >= 11 is 7.48. The van der Waals surface area contributed by atoms with E-state index in [0.717, 1.165) is 23.0 Å². The fraction of sp³-hybridized carbons (Fsp3) is 0.182. The maximum absolute atomic E-state index is 5.85. The van der Waals surface area contributed by atoms with E-state index in [2.05, 4.69) is 16.4 Å². The predicted molar refractivity (Wildman–Crippen MR) is 65.8 cm³/mol. The summed E-state index contributed by atoms with van der Waals surface area (Å²) in [6.45, 7) is 0.918. The molecule has 0 saturated heterocycles. The summed E-state index contributed by atoms with van der Waals surface area (Å²) in [5.74, 6) is 0. The van der Waals surface area contributed by atoms with E-state index in [-0.39, 0.29) is 0 Å². The van der Waals surface area contributed by atoms with Crippen molar-refractivity contribution in [3.63, 3.8) is 0 Å². The average Bonchev–Trinajstić information content (AvgIpc) is 2.66. The molecule has 0 fully saturated rings. The Morgan fingerprint density at radius 2 is 2.00 bits per heavy atom. The molecule has 0 unspecified atom stereocenters. The first kappa shape index (κ1) is 10.5. The number of nitrogens with one attached hydrogen (secondary N) is 1. The standard InChI is InChI=1S/C11H11ClN2S/c12-11-2-1-10(15-11)5-8-14-9-3-6-13-7-4-9/h1-4,6-7H,5,8H2,(H,13,14). The van der Waals surface area contributed by atoms with Crippen molar-refractivity contribution < 1.29 is 0 Å². The van der Waals surface area contributed by atoms with E-state index < -0.39 is 0 Å². The average molecular weight is 239 g/mol. The Morgan fingerprint density at radius 1 is 1.20 bits per heavy atom. The molecule has 0 aliphatic heterocycles. The number of hydrogen-bond donors (Lipinski definition) is 1. The van der Waals surface area contributed by atoms with Gasteiger partial charge in [0, 0.05) is 29.5 Å². The Kier molecular flexibility index (Phi) is 3.59. The van der Waals surface area contributed by atoms with Crippen molar-refractivity contribution in [2.75, 3.05) is 11.9 Å². The van der Waals surface area contributed by atoms with Gasteiger partial charge >= 0.3 is 0 Å². The van der Waals surface area contributed by atoms with Crippen LogP contribution in [0.15, 0.2) is 36.7 Å². The van der Waals surface area contributed by atoms with Crippen molar-refractivity contribution in [2.45, 2.75) is 6.42 Å². The van der Waals surface area contributed by atoms with Crippen molar-refractivity contribution in [1.29, 1.82) is 0 Å². The Balaban J connectivity index is 1.80. The lowest BCUT2D eigenvalue weighted by molar-refractivity contribution is 1.04. The third kappa shape index (κ3) is 3.22. The van der Waals surface area contributed by atoms with E-state index in [1.165, 1.54) is 4.88 Å². The van der Waals surface area contributed by atoms with Crippen LogP contribution in [0.1, 0.15) is 4.88 Å². The highest BCUT2D eigenvalue weighted by Crippen LogP contribution is 2.21. The van der Waals surface area contributed by atoms with Crippen LogP contribution in [0.5, 0.6) is 0 Å². The normalized spacial score (nSPS) is 10.2. The van der Waals surface area contributed by atoms with Gasteiger partial charge in [-0.15, -0.1) is 11.3 Å². The van der Waals surface area contributed by atoms with E-state index in [1.807, 2.05) is 18.2 Å². The van der Waals surface area contributed by atoms with E-state index >= 15 is 0 Å². The van der Waals surface area contributed by atoms with Crippen LogP contribution in [0.4, 0.5) is 5.69 Å². The summed E-state index contributed by atoms with van der Waals surface area (Å²) in [5.41, 5.74) is 1.10. The predicted octanol–water partition coefficient (Wildman–Crippen LogP) is 3.45. The highest BCUT2D eigenvalue weighted by Gasteiger charge is 1.97. The zero-order chi connectivity index (χ0) is 10.5. The highest BCUT2D eigenvalue weighted by molar-refractivity contribution is 7.16. The maximum Gasteiger partial charge on any atom is 0.0931 e. The summed E-state index contributed by atoms with van der Waals surface area (Å²) in [4.78, 5) is 5.27. The molecule has 78 valence electrons. The van der Waals surface area contributed by atoms with Gasteiger partial charge in [-0.05, 0) is 30.7 Å². The number of anilines is 1. The monoisotopic (exact) mass is 238 g/mol. The second-order valence-electron chi connectivity index (χ2n) is 3.12. The van der Waals surface area contributed by atoms with Crippen LogP contribution in [0.3, 0.4) is 0 Å². The summed E-state index contributed by atoms with van der Waals surface area (Å²) in [6.07, 6.45) is 4.56. The second-order valence-corrected chi connectivity index (χ2v) is 4.92. The lowest BCUT2D eigenvalue weighted by Crippen LogP contribution is -2.03. The first-order chi connectivity index (χ1) is 7.34.